The highest BCUT2D eigenvalue weighted by atomic mass is 16.5. The molecule has 0 aromatic heterocycles. The summed E-state index contributed by atoms with van der Waals surface area (Å²) in [5.41, 5.74) is 0.327. The van der Waals surface area contributed by atoms with Gasteiger partial charge in [-0.15, -0.1) is 0 Å². The number of methoxy groups -OCH3 is 1. The summed E-state index contributed by atoms with van der Waals surface area (Å²) in [5, 5.41) is 2.96. The van der Waals surface area contributed by atoms with Gasteiger partial charge >= 0.3 is 5.97 Å². The first-order valence-corrected chi connectivity index (χ1v) is 9.41. The third-order valence-corrected chi connectivity index (χ3v) is 4.42. The van der Waals surface area contributed by atoms with Crippen molar-refractivity contribution in [1.82, 2.24) is 5.32 Å². The molecule has 0 radical (unpaired) electrons. The number of rotatable bonds is 8. The Hall–Kier alpha value is -2.24. The summed E-state index contributed by atoms with van der Waals surface area (Å²) in [6.45, 7) is 2.31. The van der Waals surface area contributed by atoms with Crippen molar-refractivity contribution in [3.63, 3.8) is 0 Å². The van der Waals surface area contributed by atoms with Gasteiger partial charge in [0.2, 0.25) is 0 Å². The lowest BCUT2D eigenvalue weighted by atomic mass is 10.1. The van der Waals surface area contributed by atoms with Gasteiger partial charge < -0.3 is 19.5 Å². The summed E-state index contributed by atoms with van der Waals surface area (Å²) in [7, 11) is 1.52. The maximum atomic E-state index is 12.2. The number of ether oxygens (including phenoxy) is 3. The summed E-state index contributed by atoms with van der Waals surface area (Å²) >= 11 is 0. The topological polar surface area (TPSA) is 73.9 Å². The number of hydrogen-bond donors (Lipinski definition) is 1. The van der Waals surface area contributed by atoms with Crippen molar-refractivity contribution in [3.05, 3.63) is 23.8 Å². The Bertz CT molecular complexity index is 594. The first kappa shape index (κ1) is 20.1. The van der Waals surface area contributed by atoms with E-state index in [0.717, 1.165) is 32.1 Å². The minimum absolute atomic E-state index is 0.193. The van der Waals surface area contributed by atoms with Gasteiger partial charge in [-0.25, -0.2) is 4.79 Å². The van der Waals surface area contributed by atoms with E-state index in [1.54, 1.807) is 18.2 Å². The van der Waals surface area contributed by atoms with Crippen molar-refractivity contribution < 1.29 is 23.8 Å². The number of esters is 1. The quantitative estimate of drug-likeness (QED) is 0.565. The van der Waals surface area contributed by atoms with E-state index in [9.17, 15) is 9.59 Å². The smallest absolute Gasteiger partial charge is 0.338 e. The predicted molar refractivity (Wildman–Crippen MR) is 98.7 cm³/mol. The maximum Gasteiger partial charge on any atom is 0.338 e. The van der Waals surface area contributed by atoms with Gasteiger partial charge in [-0.2, -0.15) is 0 Å². The van der Waals surface area contributed by atoms with Gasteiger partial charge in [0.05, 0.1) is 19.3 Å². The van der Waals surface area contributed by atoms with Crippen LogP contribution in [0.4, 0.5) is 0 Å². The van der Waals surface area contributed by atoms with Crippen molar-refractivity contribution in [2.24, 2.45) is 0 Å². The lowest BCUT2D eigenvalue weighted by Crippen LogP contribution is -2.37. The van der Waals surface area contributed by atoms with Crippen LogP contribution in [-0.2, 0) is 9.53 Å². The molecular weight excluding hydrogens is 334 g/mol. The molecule has 0 spiro atoms. The Morgan fingerprint density at radius 2 is 1.85 bits per heavy atom. The number of carbonyl (C=O) groups is 2. The second-order valence-electron chi connectivity index (χ2n) is 6.55. The van der Waals surface area contributed by atoms with Gasteiger partial charge in [-0.1, -0.05) is 32.6 Å². The lowest BCUT2D eigenvalue weighted by Gasteiger charge is -2.16. The molecule has 1 amide bonds. The zero-order valence-corrected chi connectivity index (χ0v) is 15.7. The third-order valence-electron chi connectivity index (χ3n) is 4.42. The van der Waals surface area contributed by atoms with Crippen molar-refractivity contribution in [3.8, 4) is 11.5 Å². The predicted octanol–water partition coefficient (Wildman–Crippen LogP) is 3.48. The molecule has 0 unspecified atom stereocenters. The van der Waals surface area contributed by atoms with E-state index in [1.807, 2.05) is 6.92 Å². The SMILES string of the molecule is CCCOc1ccc(C(=O)OCC(=O)NC2CCCCCC2)cc1OC. The molecule has 1 saturated carbocycles. The van der Waals surface area contributed by atoms with E-state index in [1.165, 1.54) is 20.0 Å². The van der Waals surface area contributed by atoms with E-state index < -0.39 is 5.97 Å². The molecule has 1 aliphatic rings. The number of nitrogens with one attached hydrogen (secondary N) is 1. The van der Waals surface area contributed by atoms with E-state index >= 15 is 0 Å². The molecule has 1 N–H and O–H groups in total. The third kappa shape index (κ3) is 6.24. The normalized spacial score (nSPS) is 15.0. The Kier molecular flexibility index (Phi) is 8.25. The average Bonchev–Trinajstić information content (AvgIpc) is 2.92. The number of benzene rings is 1. The molecular formula is C20H29NO5. The Morgan fingerprint density at radius 3 is 2.50 bits per heavy atom. The van der Waals surface area contributed by atoms with Gasteiger partial charge in [0.15, 0.2) is 18.1 Å². The van der Waals surface area contributed by atoms with Crippen LogP contribution in [0.2, 0.25) is 0 Å². The molecule has 26 heavy (non-hydrogen) atoms. The van der Waals surface area contributed by atoms with E-state index in [-0.39, 0.29) is 18.6 Å². The molecule has 1 aromatic carbocycles. The standard InChI is InChI=1S/C20H29NO5/c1-3-12-25-17-11-10-15(13-18(17)24-2)20(23)26-14-19(22)21-16-8-6-4-5-7-9-16/h10-11,13,16H,3-9,12,14H2,1-2H3,(H,21,22). The van der Waals surface area contributed by atoms with E-state index in [2.05, 4.69) is 5.32 Å². The fraction of sp³-hybridized carbons (Fsp3) is 0.600. The molecule has 0 heterocycles. The van der Waals surface area contributed by atoms with Gasteiger partial charge in [0.1, 0.15) is 0 Å². The van der Waals surface area contributed by atoms with Crippen LogP contribution in [0.5, 0.6) is 11.5 Å². The summed E-state index contributed by atoms with van der Waals surface area (Å²) < 4.78 is 16.0. The van der Waals surface area contributed by atoms with Gasteiger partial charge in [-0.05, 0) is 37.5 Å². The monoisotopic (exact) mass is 363 g/mol. The van der Waals surface area contributed by atoms with Crippen molar-refractivity contribution >= 4 is 11.9 Å². The molecule has 144 valence electrons. The van der Waals surface area contributed by atoms with Crippen LogP contribution in [0.3, 0.4) is 0 Å². The summed E-state index contributed by atoms with van der Waals surface area (Å²) in [4.78, 5) is 24.2. The largest absolute Gasteiger partial charge is 0.493 e. The highest BCUT2D eigenvalue weighted by Crippen LogP contribution is 2.28. The van der Waals surface area contributed by atoms with Gasteiger partial charge in [0.25, 0.3) is 5.91 Å². The number of hydrogen-bond acceptors (Lipinski definition) is 5. The van der Waals surface area contributed by atoms with Crippen LogP contribution >= 0.6 is 0 Å². The van der Waals surface area contributed by atoms with Crippen LogP contribution in [-0.4, -0.2) is 38.2 Å². The molecule has 0 atom stereocenters. The van der Waals surface area contributed by atoms with Gasteiger partial charge in [0, 0.05) is 6.04 Å². The number of amides is 1. The van der Waals surface area contributed by atoms with Crippen LogP contribution in [0.25, 0.3) is 0 Å². The Balaban J connectivity index is 1.85. The molecule has 1 aliphatic carbocycles. The maximum absolute atomic E-state index is 12.2. The number of carbonyl (C=O) groups excluding carboxylic acids is 2. The minimum Gasteiger partial charge on any atom is -0.493 e. The second-order valence-corrected chi connectivity index (χ2v) is 6.55. The first-order valence-electron chi connectivity index (χ1n) is 9.41. The molecule has 0 aliphatic heterocycles. The van der Waals surface area contributed by atoms with E-state index in [4.69, 9.17) is 14.2 Å². The van der Waals surface area contributed by atoms with Crippen molar-refractivity contribution in [2.75, 3.05) is 20.3 Å². The molecule has 2 rings (SSSR count). The zero-order chi connectivity index (χ0) is 18.8. The van der Waals surface area contributed by atoms with Crippen LogP contribution in [0.1, 0.15) is 62.2 Å². The van der Waals surface area contributed by atoms with Crippen LogP contribution in [0, 0.1) is 0 Å². The van der Waals surface area contributed by atoms with Gasteiger partial charge in [-0.3, -0.25) is 4.79 Å². The molecule has 6 nitrogen and oxygen atoms in total. The highest BCUT2D eigenvalue weighted by Gasteiger charge is 2.17. The fourth-order valence-electron chi connectivity index (χ4n) is 3.03. The summed E-state index contributed by atoms with van der Waals surface area (Å²) in [6, 6.07) is 5.05. The average molecular weight is 363 g/mol. The van der Waals surface area contributed by atoms with Crippen molar-refractivity contribution in [2.45, 2.75) is 57.9 Å². The molecule has 1 aromatic rings. The minimum atomic E-state index is -0.554. The van der Waals surface area contributed by atoms with Crippen LogP contribution in [0.15, 0.2) is 18.2 Å². The second kappa shape index (κ2) is 10.7. The Labute approximate surface area is 155 Å². The molecule has 6 heteroatoms. The van der Waals surface area contributed by atoms with Crippen LogP contribution < -0.4 is 14.8 Å². The van der Waals surface area contributed by atoms with Crippen molar-refractivity contribution in [1.29, 1.82) is 0 Å². The fourth-order valence-corrected chi connectivity index (χ4v) is 3.03. The zero-order valence-electron chi connectivity index (χ0n) is 15.7. The molecule has 0 saturated heterocycles. The molecule has 0 bridgehead atoms. The van der Waals surface area contributed by atoms with E-state index in [0.29, 0.717) is 23.7 Å². The first-order chi connectivity index (χ1) is 12.6. The molecule has 1 fully saturated rings. The summed E-state index contributed by atoms with van der Waals surface area (Å²) in [5.74, 6) is 0.245. The Morgan fingerprint density at radius 1 is 1.12 bits per heavy atom. The highest BCUT2D eigenvalue weighted by molar-refractivity contribution is 5.92. The lowest BCUT2D eigenvalue weighted by molar-refractivity contribution is -0.125. The summed E-state index contributed by atoms with van der Waals surface area (Å²) in [6.07, 6.45) is 7.59.